The number of halogens is 1. The van der Waals surface area contributed by atoms with Crippen molar-refractivity contribution in [1.82, 2.24) is 0 Å². The molecule has 0 radical (unpaired) electrons. The van der Waals surface area contributed by atoms with E-state index in [2.05, 4.69) is 5.32 Å². The van der Waals surface area contributed by atoms with Gasteiger partial charge in [-0.1, -0.05) is 6.92 Å². The third kappa shape index (κ3) is 2.91. The molecular weight excluding hydrogens is 181 g/mol. The predicted octanol–water partition coefficient (Wildman–Crippen LogP) is 3.05. The van der Waals surface area contributed by atoms with Crippen LogP contribution in [-0.2, 0) is 0 Å². The van der Waals surface area contributed by atoms with Gasteiger partial charge in [-0.3, -0.25) is 0 Å². The molecule has 0 unspecified atom stereocenters. The summed E-state index contributed by atoms with van der Waals surface area (Å²) < 4.78 is 18.4. The van der Waals surface area contributed by atoms with Crippen molar-refractivity contribution in [2.24, 2.45) is 0 Å². The minimum absolute atomic E-state index is 0.246. The Labute approximate surface area is 84.1 Å². The molecule has 0 aliphatic heterocycles. The molecule has 0 aliphatic rings. The van der Waals surface area contributed by atoms with Gasteiger partial charge in [0.1, 0.15) is 11.6 Å². The molecule has 1 N–H and O–H groups in total. The predicted molar refractivity (Wildman–Crippen MR) is 56.3 cm³/mol. The largest absolute Gasteiger partial charge is 0.491 e. The van der Waals surface area contributed by atoms with E-state index in [0.29, 0.717) is 6.61 Å². The topological polar surface area (TPSA) is 21.3 Å². The number of hydrogen-bond donors (Lipinski definition) is 1. The summed E-state index contributed by atoms with van der Waals surface area (Å²) in [7, 11) is 0. The van der Waals surface area contributed by atoms with Gasteiger partial charge in [-0.05, 0) is 25.5 Å². The Kier molecular flexibility index (Phi) is 4.23. The molecule has 0 saturated heterocycles. The Hall–Kier alpha value is -1.25. The standard InChI is InChI=1S/C11H16FNO/c1-3-7-14-11-6-5-9(12)8-10(11)13-4-2/h5-6,8,13H,3-4,7H2,1-2H3. The van der Waals surface area contributed by atoms with E-state index >= 15 is 0 Å². The molecule has 0 amide bonds. The second-order valence-corrected chi connectivity index (χ2v) is 3.02. The lowest BCUT2D eigenvalue weighted by atomic mass is 10.3. The van der Waals surface area contributed by atoms with Crippen LogP contribution in [0.25, 0.3) is 0 Å². The minimum atomic E-state index is -0.246. The van der Waals surface area contributed by atoms with Gasteiger partial charge in [0.05, 0.1) is 12.3 Å². The Morgan fingerprint density at radius 2 is 2.14 bits per heavy atom. The molecule has 3 heteroatoms. The van der Waals surface area contributed by atoms with Crippen LogP contribution in [0.3, 0.4) is 0 Å². The number of anilines is 1. The van der Waals surface area contributed by atoms with E-state index < -0.39 is 0 Å². The van der Waals surface area contributed by atoms with Gasteiger partial charge >= 0.3 is 0 Å². The lowest BCUT2D eigenvalue weighted by Gasteiger charge is -2.11. The maximum Gasteiger partial charge on any atom is 0.142 e. The Balaban J connectivity index is 2.78. The van der Waals surface area contributed by atoms with Crippen molar-refractivity contribution in [1.29, 1.82) is 0 Å². The first kappa shape index (κ1) is 10.8. The van der Waals surface area contributed by atoms with E-state index in [1.54, 1.807) is 6.07 Å². The Morgan fingerprint density at radius 1 is 1.36 bits per heavy atom. The van der Waals surface area contributed by atoms with Gasteiger partial charge in [0.25, 0.3) is 0 Å². The van der Waals surface area contributed by atoms with E-state index in [1.807, 2.05) is 13.8 Å². The summed E-state index contributed by atoms with van der Waals surface area (Å²) in [5, 5.41) is 3.06. The highest BCUT2D eigenvalue weighted by Crippen LogP contribution is 2.25. The molecule has 2 nitrogen and oxygen atoms in total. The van der Waals surface area contributed by atoms with Crippen LogP contribution >= 0.6 is 0 Å². The molecule has 0 saturated carbocycles. The van der Waals surface area contributed by atoms with Crippen LogP contribution in [0.1, 0.15) is 20.3 Å². The molecular formula is C11H16FNO. The van der Waals surface area contributed by atoms with Gasteiger partial charge < -0.3 is 10.1 Å². The lowest BCUT2D eigenvalue weighted by molar-refractivity contribution is 0.318. The highest BCUT2D eigenvalue weighted by atomic mass is 19.1. The number of benzene rings is 1. The molecule has 1 aromatic rings. The average Bonchev–Trinajstić information content (AvgIpc) is 2.17. The summed E-state index contributed by atoms with van der Waals surface area (Å²) in [6, 6.07) is 4.52. The Bertz CT molecular complexity index is 289. The first-order valence-electron chi connectivity index (χ1n) is 4.94. The maximum absolute atomic E-state index is 12.9. The van der Waals surface area contributed by atoms with Crippen molar-refractivity contribution in [2.45, 2.75) is 20.3 Å². The van der Waals surface area contributed by atoms with Gasteiger partial charge in [-0.25, -0.2) is 4.39 Å². The van der Waals surface area contributed by atoms with E-state index in [4.69, 9.17) is 4.74 Å². The zero-order valence-corrected chi connectivity index (χ0v) is 8.64. The summed E-state index contributed by atoms with van der Waals surface area (Å²) in [6.45, 7) is 5.42. The van der Waals surface area contributed by atoms with Crippen molar-refractivity contribution >= 4 is 5.69 Å². The molecule has 0 atom stereocenters. The number of hydrogen-bond acceptors (Lipinski definition) is 2. The second-order valence-electron chi connectivity index (χ2n) is 3.02. The maximum atomic E-state index is 12.9. The summed E-state index contributed by atoms with van der Waals surface area (Å²) in [4.78, 5) is 0. The van der Waals surface area contributed by atoms with Crippen LogP contribution in [0.5, 0.6) is 5.75 Å². The van der Waals surface area contributed by atoms with E-state index in [-0.39, 0.29) is 5.82 Å². The van der Waals surface area contributed by atoms with Crippen molar-refractivity contribution in [3.05, 3.63) is 24.0 Å². The monoisotopic (exact) mass is 197 g/mol. The first-order chi connectivity index (χ1) is 6.77. The van der Waals surface area contributed by atoms with Crippen molar-refractivity contribution in [3.8, 4) is 5.75 Å². The lowest BCUT2D eigenvalue weighted by Crippen LogP contribution is -2.02. The van der Waals surface area contributed by atoms with Gasteiger partial charge in [-0.2, -0.15) is 0 Å². The summed E-state index contributed by atoms with van der Waals surface area (Å²) in [5.74, 6) is 0.472. The zero-order chi connectivity index (χ0) is 10.4. The molecule has 0 bridgehead atoms. The molecule has 1 aromatic carbocycles. The highest BCUT2D eigenvalue weighted by Gasteiger charge is 2.03. The van der Waals surface area contributed by atoms with Crippen LogP contribution in [0.4, 0.5) is 10.1 Å². The molecule has 78 valence electrons. The summed E-state index contributed by atoms with van der Waals surface area (Å²) in [6.07, 6.45) is 0.947. The van der Waals surface area contributed by atoms with E-state index in [1.165, 1.54) is 12.1 Å². The highest BCUT2D eigenvalue weighted by molar-refractivity contribution is 5.56. The molecule has 0 heterocycles. The van der Waals surface area contributed by atoms with Gasteiger partial charge in [0, 0.05) is 12.6 Å². The second kappa shape index (κ2) is 5.47. The number of ether oxygens (including phenoxy) is 1. The average molecular weight is 197 g/mol. The zero-order valence-electron chi connectivity index (χ0n) is 8.64. The van der Waals surface area contributed by atoms with E-state index in [9.17, 15) is 4.39 Å². The fourth-order valence-electron chi connectivity index (χ4n) is 1.17. The van der Waals surface area contributed by atoms with Gasteiger partial charge in [-0.15, -0.1) is 0 Å². The molecule has 1 rings (SSSR count). The van der Waals surface area contributed by atoms with Crippen molar-refractivity contribution in [3.63, 3.8) is 0 Å². The fourth-order valence-corrected chi connectivity index (χ4v) is 1.17. The fraction of sp³-hybridized carbons (Fsp3) is 0.455. The summed E-state index contributed by atoms with van der Waals surface area (Å²) >= 11 is 0. The molecule has 14 heavy (non-hydrogen) atoms. The first-order valence-corrected chi connectivity index (χ1v) is 4.94. The minimum Gasteiger partial charge on any atom is -0.491 e. The SMILES string of the molecule is CCCOc1ccc(F)cc1NCC. The molecule has 0 fully saturated rings. The van der Waals surface area contributed by atoms with Gasteiger partial charge in [0.15, 0.2) is 0 Å². The third-order valence-electron chi connectivity index (χ3n) is 1.77. The van der Waals surface area contributed by atoms with Crippen LogP contribution in [0.2, 0.25) is 0 Å². The molecule has 0 aromatic heterocycles. The molecule has 0 aliphatic carbocycles. The Morgan fingerprint density at radius 3 is 2.79 bits per heavy atom. The van der Waals surface area contributed by atoms with Crippen molar-refractivity contribution < 1.29 is 9.13 Å². The van der Waals surface area contributed by atoms with Crippen LogP contribution in [0.15, 0.2) is 18.2 Å². The van der Waals surface area contributed by atoms with Crippen LogP contribution in [0, 0.1) is 5.82 Å². The number of rotatable bonds is 5. The van der Waals surface area contributed by atoms with Gasteiger partial charge in [0.2, 0.25) is 0 Å². The summed E-state index contributed by atoms with van der Waals surface area (Å²) in [5.41, 5.74) is 0.723. The van der Waals surface area contributed by atoms with Crippen molar-refractivity contribution in [2.75, 3.05) is 18.5 Å². The quantitative estimate of drug-likeness (QED) is 0.783. The third-order valence-corrected chi connectivity index (χ3v) is 1.77. The van der Waals surface area contributed by atoms with E-state index in [0.717, 1.165) is 24.4 Å². The van der Waals surface area contributed by atoms with Crippen LogP contribution < -0.4 is 10.1 Å². The van der Waals surface area contributed by atoms with Crippen LogP contribution in [-0.4, -0.2) is 13.2 Å². The normalized spacial score (nSPS) is 9.93. The number of nitrogens with one attached hydrogen (secondary N) is 1. The molecule has 0 spiro atoms. The smallest absolute Gasteiger partial charge is 0.142 e.